The molecule has 0 aromatic heterocycles. The van der Waals surface area contributed by atoms with Crippen molar-refractivity contribution < 1.29 is 17.6 Å². The van der Waals surface area contributed by atoms with Gasteiger partial charge in [0.05, 0.1) is 11.5 Å². The van der Waals surface area contributed by atoms with E-state index < -0.39 is 17.9 Å². The Hall–Kier alpha value is -3.13. The highest BCUT2D eigenvalue weighted by molar-refractivity contribution is 5.34. The molecule has 3 aromatic carbocycles. The second-order valence-electron chi connectivity index (χ2n) is 6.95. The minimum atomic E-state index is -4.32. The van der Waals surface area contributed by atoms with Crippen molar-refractivity contribution in [3.05, 3.63) is 106 Å². The first-order valence-electron chi connectivity index (χ1n) is 9.25. The van der Waals surface area contributed by atoms with Gasteiger partial charge in [-0.1, -0.05) is 60.7 Å². The molecule has 0 radical (unpaired) electrons. The minimum Gasteiger partial charge on any atom is -0.206 e. The molecule has 1 unspecified atom stereocenters. The van der Waals surface area contributed by atoms with Crippen LogP contribution in [0.4, 0.5) is 17.6 Å². The zero-order chi connectivity index (χ0) is 20.9. The molecule has 0 amide bonds. The van der Waals surface area contributed by atoms with Crippen molar-refractivity contribution in [2.75, 3.05) is 0 Å². The summed E-state index contributed by atoms with van der Waals surface area (Å²) >= 11 is 0. The zero-order valence-electron chi connectivity index (χ0n) is 15.6. The summed E-state index contributed by atoms with van der Waals surface area (Å²) in [5, 5.41) is 8.77. The summed E-state index contributed by atoms with van der Waals surface area (Å²) in [7, 11) is 0. The Balaban J connectivity index is 1.66. The van der Waals surface area contributed by atoms with Crippen molar-refractivity contribution >= 4 is 0 Å². The fourth-order valence-corrected chi connectivity index (χ4v) is 3.28. The Kier molecular flexibility index (Phi) is 6.33. The molecule has 0 heterocycles. The lowest BCUT2D eigenvalue weighted by Gasteiger charge is -2.21. The van der Waals surface area contributed by atoms with Crippen LogP contribution in [0.25, 0.3) is 0 Å². The molecule has 29 heavy (non-hydrogen) atoms. The predicted octanol–water partition coefficient (Wildman–Crippen LogP) is 6.37. The number of hydrogen-bond acceptors (Lipinski definition) is 1. The van der Waals surface area contributed by atoms with Crippen molar-refractivity contribution in [1.29, 1.82) is 5.26 Å². The highest BCUT2D eigenvalue weighted by Gasteiger charge is 2.40. The lowest BCUT2D eigenvalue weighted by atomic mass is 9.91. The Labute approximate surface area is 167 Å². The van der Waals surface area contributed by atoms with E-state index in [1.807, 2.05) is 12.1 Å². The van der Waals surface area contributed by atoms with Crippen LogP contribution >= 0.6 is 0 Å². The molecule has 0 saturated heterocycles. The van der Waals surface area contributed by atoms with Crippen LogP contribution in [0.2, 0.25) is 0 Å². The summed E-state index contributed by atoms with van der Waals surface area (Å²) in [6.07, 6.45) is -3.22. The second-order valence-corrected chi connectivity index (χ2v) is 6.95. The van der Waals surface area contributed by atoms with E-state index in [0.29, 0.717) is 18.4 Å². The maximum absolute atomic E-state index is 13.7. The lowest BCUT2D eigenvalue weighted by Crippen LogP contribution is -2.23. The lowest BCUT2D eigenvalue weighted by molar-refractivity contribution is -0.150. The number of halogens is 4. The van der Waals surface area contributed by atoms with Gasteiger partial charge in [0.15, 0.2) is 0 Å². The highest BCUT2D eigenvalue weighted by atomic mass is 19.4. The molecule has 3 aromatic rings. The van der Waals surface area contributed by atoms with Crippen molar-refractivity contribution in [3.63, 3.8) is 0 Å². The van der Waals surface area contributed by atoms with E-state index in [1.165, 1.54) is 24.3 Å². The molecule has 148 valence electrons. The third-order valence-corrected chi connectivity index (χ3v) is 4.92. The van der Waals surface area contributed by atoms with Gasteiger partial charge >= 0.3 is 6.18 Å². The molecular weight excluding hydrogens is 378 g/mol. The summed E-state index contributed by atoms with van der Waals surface area (Å²) < 4.78 is 54.2. The van der Waals surface area contributed by atoms with Gasteiger partial charge in [0.2, 0.25) is 0 Å². The molecule has 0 aliphatic carbocycles. The van der Waals surface area contributed by atoms with Gasteiger partial charge in [-0.15, -0.1) is 0 Å². The van der Waals surface area contributed by atoms with E-state index in [9.17, 15) is 17.6 Å². The van der Waals surface area contributed by atoms with Crippen LogP contribution in [0.15, 0.2) is 72.8 Å². The summed E-state index contributed by atoms with van der Waals surface area (Å²) in [5.74, 6) is -2.09. The highest BCUT2D eigenvalue weighted by Crippen LogP contribution is 2.37. The Bertz CT molecular complexity index is 986. The van der Waals surface area contributed by atoms with Crippen molar-refractivity contribution in [3.8, 4) is 6.07 Å². The largest absolute Gasteiger partial charge is 0.396 e. The van der Waals surface area contributed by atoms with Crippen LogP contribution in [0.1, 0.15) is 33.7 Å². The van der Waals surface area contributed by atoms with Crippen LogP contribution < -0.4 is 0 Å². The number of hydrogen-bond donors (Lipinski definition) is 0. The molecule has 0 aliphatic heterocycles. The number of rotatable bonds is 6. The van der Waals surface area contributed by atoms with Gasteiger partial charge in [-0.05, 0) is 53.6 Å². The Morgan fingerprint density at radius 2 is 1.38 bits per heavy atom. The first-order chi connectivity index (χ1) is 13.9. The summed E-state index contributed by atoms with van der Waals surface area (Å²) in [4.78, 5) is 0. The van der Waals surface area contributed by atoms with Gasteiger partial charge in [-0.25, -0.2) is 4.39 Å². The fourth-order valence-electron chi connectivity index (χ4n) is 3.28. The van der Waals surface area contributed by atoms with Gasteiger partial charge < -0.3 is 0 Å². The van der Waals surface area contributed by atoms with Gasteiger partial charge in [0, 0.05) is 0 Å². The average molecular weight is 397 g/mol. The smallest absolute Gasteiger partial charge is 0.206 e. The maximum atomic E-state index is 13.7. The van der Waals surface area contributed by atoms with Crippen LogP contribution in [0.5, 0.6) is 0 Å². The molecule has 1 nitrogen and oxygen atoms in total. The van der Waals surface area contributed by atoms with E-state index in [0.717, 1.165) is 11.1 Å². The third-order valence-electron chi connectivity index (χ3n) is 4.92. The molecule has 3 rings (SSSR count). The monoisotopic (exact) mass is 397 g/mol. The normalized spacial score (nSPS) is 12.4. The molecule has 5 heteroatoms. The second kappa shape index (κ2) is 8.91. The Morgan fingerprint density at radius 1 is 0.793 bits per heavy atom. The Morgan fingerprint density at radius 3 is 1.97 bits per heavy atom. The van der Waals surface area contributed by atoms with E-state index in [4.69, 9.17) is 5.26 Å². The predicted molar refractivity (Wildman–Crippen MR) is 104 cm³/mol. The average Bonchev–Trinajstić information content (AvgIpc) is 2.71. The van der Waals surface area contributed by atoms with E-state index in [2.05, 4.69) is 0 Å². The van der Waals surface area contributed by atoms with Crippen LogP contribution in [0.3, 0.4) is 0 Å². The van der Waals surface area contributed by atoms with Gasteiger partial charge in [-0.2, -0.15) is 18.4 Å². The number of aryl methyl sites for hydroxylation is 2. The number of nitriles is 1. The van der Waals surface area contributed by atoms with Gasteiger partial charge in [-0.3, -0.25) is 0 Å². The van der Waals surface area contributed by atoms with Crippen molar-refractivity contribution in [1.82, 2.24) is 0 Å². The first kappa shape index (κ1) is 20.6. The third kappa shape index (κ3) is 5.45. The molecule has 0 bridgehead atoms. The van der Waals surface area contributed by atoms with Crippen LogP contribution in [0, 0.1) is 17.1 Å². The minimum absolute atomic E-state index is 0.00994. The van der Waals surface area contributed by atoms with Crippen LogP contribution in [-0.2, 0) is 19.3 Å². The molecule has 0 fully saturated rings. The fraction of sp³-hybridized carbons (Fsp3) is 0.208. The number of benzene rings is 3. The zero-order valence-corrected chi connectivity index (χ0v) is 15.6. The number of alkyl halides is 3. The molecule has 0 aliphatic rings. The van der Waals surface area contributed by atoms with Crippen LogP contribution in [-0.4, -0.2) is 6.18 Å². The SMILES string of the molecule is N#Cc1ccc(CCc2ccc(CC(c3ccccc3)C(F)(F)F)cc2)cc1F. The standard InChI is InChI=1S/C24H19F4N/c25-23-15-19(12-13-21(23)16-29)11-8-17-6-9-18(10-7-17)14-22(24(26,27)28)20-4-2-1-3-5-20/h1-7,9-10,12-13,15,22H,8,11,14H2. The molecule has 0 spiro atoms. The summed E-state index contributed by atoms with van der Waals surface area (Å²) in [6, 6.07) is 21.3. The quantitative estimate of drug-likeness (QED) is 0.443. The van der Waals surface area contributed by atoms with Crippen molar-refractivity contribution in [2.24, 2.45) is 0 Å². The molecule has 0 saturated carbocycles. The van der Waals surface area contributed by atoms with E-state index in [1.54, 1.807) is 42.5 Å². The number of nitrogens with zero attached hydrogens (tertiary/aromatic N) is 1. The maximum Gasteiger partial charge on any atom is 0.396 e. The first-order valence-corrected chi connectivity index (χ1v) is 9.25. The van der Waals surface area contributed by atoms with E-state index >= 15 is 0 Å². The van der Waals surface area contributed by atoms with Crippen molar-refractivity contribution in [2.45, 2.75) is 31.4 Å². The van der Waals surface area contributed by atoms with E-state index in [-0.39, 0.29) is 17.5 Å². The van der Waals surface area contributed by atoms with Gasteiger partial charge in [0.25, 0.3) is 0 Å². The molecular formula is C24H19F4N. The topological polar surface area (TPSA) is 23.8 Å². The summed E-state index contributed by atoms with van der Waals surface area (Å²) in [5.41, 5.74) is 2.61. The molecule has 1 atom stereocenters. The molecule has 0 N–H and O–H groups in total. The van der Waals surface area contributed by atoms with Gasteiger partial charge in [0.1, 0.15) is 11.9 Å². The summed E-state index contributed by atoms with van der Waals surface area (Å²) in [6.45, 7) is 0.